The van der Waals surface area contributed by atoms with Crippen molar-refractivity contribution in [3.63, 3.8) is 0 Å². The van der Waals surface area contributed by atoms with Crippen molar-refractivity contribution in [2.45, 2.75) is 30.2 Å². The van der Waals surface area contributed by atoms with Crippen molar-refractivity contribution in [3.8, 4) is 0 Å². The molecular weight excluding hydrogens is 379 g/mol. The zero-order chi connectivity index (χ0) is 18.7. The minimum absolute atomic E-state index is 0.0312. The van der Waals surface area contributed by atoms with Crippen LogP contribution < -0.4 is 5.32 Å². The molecule has 138 valence electrons. The summed E-state index contributed by atoms with van der Waals surface area (Å²) >= 11 is 6.06. The van der Waals surface area contributed by atoms with Crippen molar-refractivity contribution < 1.29 is 17.6 Å². The van der Waals surface area contributed by atoms with Crippen molar-refractivity contribution in [1.29, 1.82) is 0 Å². The van der Waals surface area contributed by atoms with Gasteiger partial charge in [0.1, 0.15) is 11.9 Å². The first-order valence-electron chi connectivity index (χ1n) is 8.22. The van der Waals surface area contributed by atoms with Gasteiger partial charge in [0.2, 0.25) is 15.9 Å². The van der Waals surface area contributed by atoms with Gasteiger partial charge in [0.05, 0.1) is 15.6 Å². The number of carbonyl (C=O) groups is 1. The molecule has 0 unspecified atom stereocenters. The Balaban J connectivity index is 1.86. The Morgan fingerprint density at radius 2 is 1.81 bits per heavy atom. The Morgan fingerprint density at radius 1 is 1.12 bits per heavy atom. The number of piperidine rings is 1. The van der Waals surface area contributed by atoms with Crippen molar-refractivity contribution in [2.75, 3.05) is 11.9 Å². The average Bonchev–Trinajstić information content (AvgIpc) is 2.64. The second-order valence-electron chi connectivity index (χ2n) is 6.05. The first kappa shape index (κ1) is 18.8. The van der Waals surface area contributed by atoms with Crippen LogP contribution in [-0.4, -0.2) is 31.2 Å². The third kappa shape index (κ3) is 3.90. The van der Waals surface area contributed by atoms with E-state index >= 15 is 0 Å². The van der Waals surface area contributed by atoms with Gasteiger partial charge in [-0.3, -0.25) is 4.79 Å². The lowest BCUT2D eigenvalue weighted by Gasteiger charge is -2.33. The van der Waals surface area contributed by atoms with Crippen LogP contribution in [0.4, 0.5) is 10.1 Å². The van der Waals surface area contributed by atoms with Gasteiger partial charge in [-0.25, -0.2) is 12.8 Å². The van der Waals surface area contributed by atoms with Crippen LogP contribution in [0.3, 0.4) is 0 Å². The molecule has 0 radical (unpaired) electrons. The van der Waals surface area contributed by atoms with E-state index < -0.39 is 27.8 Å². The van der Waals surface area contributed by atoms with Crippen LogP contribution in [0.25, 0.3) is 0 Å². The SMILES string of the molecule is O=C(Nc1ccccc1Cl)[C@H]1CCCCN1S(=O)(=O)c1ccc(F)cc1. The first-order valence-corrected chi connectivity index (χ1v) is 10.0. The molecule has 0 aliphatic carbocycles. The molecule has 0 saturated carbocycles. The monoisotopic (exact) mass is 396 g/mol. The van der Waals surface area contributed by atoms with Crippen LogP contribution in [0.15, 0.2) is 53.4 Å². The fourth-order valence-electron chi connectivity index (χ4n) is 2.98. The van der Waals surface area contributed by atoms with Crippen molar-refractivity contribution >= 4 is 33.2 Å². The van der Waals surface area contributed by atoms with Gasteiger partial charge >= 0.3 is 0 Å². The lowest BCUT2D eigenvalue weighted by atomic mass is 10.0. The highest BCUT2D eigenvalue weighted by molar-refractivity contribution is 7.89. The number of rotatable bonds is 4. The zero-order valence-electron chi connectivity index (χ0n) is 13.9. The van der Waals surface area contributed by atoms with Gasteiger partial charge < -0.3 is 5.32 Å². The molecule has 2 aromatic carbocycles. The number of hydrogen-bond donors (Lipinski definition) is 1. The molecule has 0 bridgehead atoms. The number of halogens is 2. The summed E-state index contributed by atoms with van der Waals surface area (Å²) < 4.78 is 40.2. The maximum Gasteiger partial charge on any atom is 0.243 e. The minimum atomic E-state index is -3.90. The molecule has 5 nitrogen and oxygen atoms in total. The van der Waals surface area contributed by atoms with Gasteiger partial charge in [-0.2, -0.15) is 4.31 Å². The highest BCUT2D eigenvalue weighted by Gasteiger charge is 2.37. The van der Waals surface area contributed by atoms with Gasteiger partial charge in [-0.1, -0.05) is 30.2 Å². The maximum atomic E-state index is 13.1. The summed E-state index contributed by atoms with van der Waals surface area (Å²) in [6, 6.07) is 10.5. The molecule has 1 aliphatic heterocycles. The quantitative estimate of drug-likeness (QED) is 0.857. The summed E-state index contributed by atoms with van der Waals surface area (Å²) in [4.78, 5) is 12.7. The lowest BCUT2D eigenvalue weighted by molar-refractivity contribution is -0.120. The summed E-state index contributed by atoms with van der Waals surface area (Å²) in [6.45, 7) is 0.236. The lowest BCUT2D eigenvalue weighted by Crippen LogP contribution is -2.49. The number of nitrogens with zero attached hydrogens (tertiary/aromatic N) is 1. The Hall–Kier alpha value is -1.96. The van der Waals surface area contributed by atoms with Gasteiger partial charge in [0.25, 0.3) is 0 Å². The summed E-state index contributed by atoms with van der Waals surface area (Å²) in [7, 11) is -3.90. The number of benzene rings is 2. The highest BCUT2D eigenvalue weighted by Crippen LogP contribution is 2.27. The molecule has 3 rings (SSSR count). The number of amides is 1. The third-order valence-electron chi connectivity index (χ3n) is 4.31. The van der Waals surface area contributed by atoms with E-state index in [9.17, 15) is 17.6 Å². The molecule has 26 heavy (non-hydrogen) atoms. The molecule has 1 N–H and O–H groups in total. The van der Waals surface area contributed by atoms with E-state index in [1.54, 1.807) is 24.3 Å². The minimum Gasteiger partial charge on any atom is -0.323 e. The van der Waals surface area contributed by atoms with Gasteiger partial charge in [-0.15, -0.1) is 0 Å². The molecule has 1 heterocycles. The van der Waals surface area contributed by atoms with Gasteiger partial charge in [0.15, 0.2) is 0 Å². The number of hydrogen-bond acceptors (Lipinski definition) is 3. The van der Waals surface area contributed by atoms with Crippen molar-refractivity contribution in [2.24, 2.45) is 0 Å². The highest BCUT2D eigenvalue weighted by atomic mass is 35.5. The Morgan fingerprint density at radius 3 is 2.50 bits per heavy atom. The van der Waals surface area contributed by atoms with E-state index in [1.165, 1.54) is 16.4 Å². The van der Waals surface area contributed by atoms with E-state index in [0.29, 0.717) is 23.6 Å². The molecule has 1 aliphatic rings. The van der Waals surface area contributed by atoms with E-state index in [4.69, 9.17) is 11.6 Å². The second-order valence-corrected chi connectivity index (χ2v) is 8.35. The van der Waals surface area contributed by atoms with Crippen LogP contribution in [0.5, 0.6) is 0 Å². The number of anilines is 1. The maximum absolute atomic E-state index is 13.1. The number of nitrogens with one attached hydrogen (secondary N) is 1. The largest absolute Gasteiger partial charge is 0.323 e. The van der Waals surface area contributed by atoms with Gasteiger partial charge in [0, 0.05) is 6.54 Å². The molecule has 1 amide bonds. The Kier molecular flexibility index (Phi) is 5.60. The molecule has 0 aromatic heterocycles. The van der Waals surface area contributed by atoms with Crippen molar-refractivity contribution in [1.82, 2.24) is 4.31 Å². The van der Waals surface area contributed by atoms with Crippen LogP contribution in [-0.2, 0) is 14.8 Å². The molecule has 1 saturated heterocycles. The topological polar surface area (TPSA) is 66.5 Å². The average molecular weight is 397 g/mol. The van der Waals surface area contributed by atoms with E-state index in [1.807, 2.05) is 0 Å². The normalized spacial score (nSPS) is 18.5. The molecule has 0 spiro atoms. The summed E-state index contributed by atoms with van der Waals surface area (Å²) in [5.41, 5.74) is 0.434. The van der Waals surface area contributed by atoms with Gasteiger partial charge in [-0.05, 0) is 49.2 Å². The fourth-order valence-corrected chi connectivity index (χ4v) is 4.81. The molecule has 1 atom stereocenters. The second kappa shape index (κ2) is 7.73. The van der Waals surface area contributed by atoms with Crippen LogP contribution in [0.1, 0.15) is 19.3 Å². The van der Waals surface area contributed by atoms with E-state index in [2.05, 4.69) is 5.32 Å². The van der Waals surface area contributed by atoms with Crippen LogP contribution in [0, 0.1) is 5.82 Å². The molecule has 1 fully saturated rings. The molecular formula is C18H18ClFN2O3S. The summed E-state index contributed by atoms with van der Waals surface area (Å²) in [5, 5.41) is 3.08. The predicted octanol–water partition coefficient (Wildman–Crippen LogP) is 3.66. The van der Waals surface area contributed by atoms with E-state index in [-0.39, 0.29) is 11.4 Å². The number of sulfonamides is 1. The van der Waals surface area contributed by atoms with E-state index in [0.717, 1.165) is 18.6 Å². The van der Waals surface area contributed by atoms with Crippen LogP contribution >= 0.6 is 11.6 Å². The molecule has 8 heteroatoms. The van der Waals surface area contributed by atoms with Crippen molar-refractivity contribution in [3.05, 3.63) is 59.4 Å². The number of para-hydroxylation sites is 1. The Labute approximate surface area is 156 Å². The summed E-state index contributed by atoms with van der Waals surface area (Å²) in [5.74, 6) is -0.945. The zero-order valence-corrected chi connectivity index (χ0v) is 15.4. The fraction of sp³-hybridized carbons (Fsp3) is 0.278. The number of carbonyl (C=O) groups excluding carboxylic acids is 1. The standard InChI is InChI=1S/C18H18ClFN2O3S/c19-15-5-1-2-6-16(15)21-18(23)17-7-3-4-12-22(17)26(24,25)14-10-8-13(20)9-11-14/h1-2,5-6,8-11,17H,3-4,7,12H2,(H,21,23)/t17-/m1/s1. The molecule has 2 aromatic rings. The summed E-state index contributed by atoms with van der Waals surface area (Å²) in [6.07, 6.45) is 1.82. The third-order valence-corrected chi connectivity index (χ3v) is 6.56. The smallest absolute Gasteiger partial charge is 0.243 e. The van der Waals surface area contributed by atoms with Crippen LogP contribution in [0.2, 0.25) is 5.02 Å². The first-order chi connectivity index (χ1) is 12.4. The Bertz CT molecular complexity index is 903. The predicted molar refractivity (Wildman–Crippen MR) is 98.0 cm³/mol.